The Labute approximate surface area is 161 Å². The highest BCUT2D eigenvalue weighted by Gasteiger charge is 2.20. The Bertz CT molecular complexity index is 882. The Balaban J connectivity index is 1.76. The number of carbonyl (C=O) groups is 1. The van der Waals surface area contributed by atoms with Crippen LogP contribution in [0.5, 0.6) is 0 Å². The highest BCUT2D eigenvalue weighted by atomic mass is 32.2. The third-order valence-corrected chi connectivity index (χ3v) is 5.50. The number of aromatic nitrogens is 4. The van der Waals surface area contributed by atoms with Crippen molar-refractivity contribution in [2.24, 2.45) is 0 Å². The molecule has 6 nitrogen and oxygen atoms in total. The summed E-state index contributed by atoms with van der Waals surface area (Å²) in [7, 11) is 0. The van der Waals surface area contributed by atoms with E-state index >= 15 is 0 Å². The van der Waals surface area contributed by atoms with Crippen molar-refractivity contribution in [3.05, 3.63) is 47.7 Å². The average molecular weight is 388 g/mol. The topological polar surface area (TPSA) is 63.9 Å². The summed E-state index contributed by atoms with van der Waals surface area (Å²) in [6.07, 6.45) is 1.75. The largest absolute Gasteiger partial charge is 0.303 e. The van der Waals surface area contributed by atoms with Crippen LogP contribution in [0.15, 0.2) is 47.2 Å². The number of anilines is 2. The Morgan fingerprint density at radius 2 is 2.00 bits per heavy atom. The van der Waals surface area contributed by atoms with E-state index in [-0.39, 0.29) is 11.4 Å². The molecule has 2 heterocycles. The molecule has 3 aromatic rings. The predicted octanol–water partition coefficient (Wildman–Crippen LogP) is 4.47. The van der Waals surface area contributed by atoms with Gasteiger partial charge in [-0.3, -0.25) is 9.69 Å². The van der Waals surface area contributed by atoms with E-state index in [0.717, 1.165) is 16.5 Å². The van der Waals surface area contributed by atoms with Gasteiger partial charge < -0.3 is 4.57 Å². The molecule has 0 aliphatic carbocycles. The van der Waals surface area contributed by atoms with Crippen LogP contribution in [0.4, 0.5) is 10.8 Å². The second-order valence-electron chi connectivity index (χ2n) is 6.75. The first-order valence-electron chi connectivity index (χ1n) is 8.19. The molecule has 0 radical (unpaired) electrons. The van der Waals surface area contributed by atoms with Crippen LogP contribution in [0.25, 0.3) is 0 Å². The molecule has 0 bridgehead atoms. The standard InChI is InChI=1S/C18H21N5OS2/c1-13(24)23(15-8-6-5-7-9-15)16-20-14(10-25-16)11-26-17-21-19-12-22(17)18(2,3)4/h5-10,12H,11H2,1-4H3. The number of carbonyl (C=O) groups excluding carboxylic acids is 1. The molecule has 0 aliphatic heterocycles. The minimum Gasteiger partial charge on any atom is -0.303 e. The summed E-state index contributed by atoms with van der Waals surface area (Å²) >= 11 is 3.06. The van der Waals surface area contributed by atoms with Gasteiger partial charge in [0.05, 0.1) is 11.4 Å². The molecule has 1 amide bonds. The van der Waals surface area contributed by atoms with Crippen LogP contribution in [0.1, 0.15) is 33.4 Å². The molecule has 0 N–H and O–H groups in total. The molecule has 0 unspecified atom stereocenters. The second kappa shape index (κ2) is 7.59. The highest BCUT2D eigenvalue weighted by molar-refractivity contribution is 7.98. The molecule has 0 spiro atoms. The Morgan fingerprint density at radius 1 is 1.27 bits per heavy atom. The van der Waals surface area contributed by atoms with Gasteiger partial charge in [-0.05, 0) is 32.9 Å². The van der Waals surface area contributed by atoms with Gasteiger partial charge in [-0.25, -0.2) is 4.98 Å². The Kier molecular flexibility index (Phi) is 5.43. The molecular weight excluding hydrogens is 366 g/mol. The second-order valence-corrected chi connectivity index (χ2v) is 8.53. The quantitative estimate of drug-likeness (QED) is 0.605. The molecule has 0 saturated carbocycles. The van der Waals surface area contributed by atoms with Crippen LogP contribution in [-0.4, -0.2) is 25.7 Å². The van der Waals surface area contributed by atoms with Crippen LogP contribution >= 0.6 is 23.1 Å². The molecule has 136 valence electrons. The maximum Gasteiger partial charge on any atom is 0.230 e. The van der Waals surface area contributed by atoms with Crippen molar-refractivity contribution < 1.29 is 4.79 Å². The number of para-hydroxylation sites is 1. The number of rotatable bonds is 5. The van der Waals surface area contributed by atoms with Gasteiger partial charge in [0.2, 0.25) is 5.91 Å². The van der Waals surface area contributed by atoms with Crippen molar-refractivity contribution >= 4 is 39.8 Å². The van der Waals surface area contributed by atoms with Crippen LogP contribution in [0, 0.1) is 0 Å². The van der Waals surface area contributed by atoms with E-state index in [9.17, 15) is 4.79 Å². The lowest BCUT2D eigenvalue weighted by atomic mass is 10.1. The highest BCUT2D eigenvalue weighted by Crippen LogP contribution is 2.31. The van der Waals surface area contributed by atoms with Gasteiger partial charge >= 0.3 is 0 Å². The summed E-state index contributed by atoms with van der Waals surface area (Å²) in [5.41, 5.74) is 1.67. The van der Waals surface area contributed by atoms with Crippen molar-refractivity contribution in [2.75, 3.05) is 4.90 Å². The van der Waals surface area contributed by atoms with Gasteiger partial charge in [-0.2, -0.15) is 0 Å². The van der Waals surface area contributed by atoms with Crippen LogP contribution in [0.2, 0.25) is 0 Å². The molecule has 0 atom stereocenters. The van der Waals surface area contributed by atoms with E-state index in [4.69, 9.17) is 0 Å². The van der Waals surface area contributed by atoms with E-state index in [1.54, 1.807) is 29.9 Å². The third kappa shape index (κ3) is 4.13. The molecular formula is C18H21N5OS2. The van der Waals surface area contributed by atoms with Gasteiger partial charge in [-0.1, -0.05) is 30.0 Å². The first-order chi connectivity index (χ1) is 12.4. The maximum atomic E-state index is 12.1. The number of hydrogen-bond donors (Lipinski definition) is 0. The number of thioether (sulfide) groups is 1. The lowest BCUT2D eigenvalue weighted by Gasteiger charge is -2.21. The number of benzene rings is 1. The van der Waals surface area contributed by atoms with Crippen molar-refractivity contribution in [3.8, 4) is 0 Å². The van der Waals surface area contributed by atoms with Crippen molar-refractivity contribution in [2.45, 2.75) is 44.1 Å². The summed E-state index contributed by atoms with van der Waals surface area (Å²) in [6.45, 7) is 7.90. The van der Waals surface area contributed by atoms with Crippen molar-refractivity contribution in [1.82, 2.24) is 19.7 Å². The van der Waals surface area contributed by atoms with E-state index in [1.165, 1.54) is 11.3 Å². The number of nitrogens with zero attached hydrogens (tertiary/aromatic N) is 5. The normalized spacial score (nSPS) is 11.5. The smallest absolute Gasteiger partial charge is 0.230 e. The zero-order valence-electron chi connectivity index (χ0n) is 15.2. The summed E-state index contributed by atoms with van der Waals surface area (Å²) < 4.78 is 2.05. The van der Waals surface area contributed by atoms with Gasteiger partial charge in [0, 0.05) is 23.6 Å². The van der Waals surface area contributed by atoms with E-state index in [1.807, 2.05) is 35.7 Å². The fourth-order valence-corrected chi connectivity index (χ4v) is 4.37. The molecule has 0 fully saturated rings. The SMILES string of the molecule is CC(=O)N(c1ccccc1)c1nc(CSc2nncn2C(C)(C)C)cs1. The molecule has 8 heteroatoms. The minimum absolute atomic E-state index is 0.0581. The van der Waals surface area contributed by atoms with Gasteiger partial charge in [-0.15, -0.1) is 21.5 Å². The van der Waals surface area contributed by atoms with E-state index in [0.29, 0.717) is 10.9 Å². The summed E-state index contributed by atoms with van der Waals surface area (Å²) in [6, 6.07) is 9.56. The summed E-state index contributed by atoms with van der Waals surface area (Å²) in [5.74, 6) is 0.614. The molecule has 0 aliphatic rings. The van der Waals surface area contributed by atoms with E-state index < -0.39 is 0 Å². The Hall–Kier alpha value is -2.19. The predicted molar refractivity (Wildman–Crippen MR) is 106 cm³/mol. The van der Waals surface area contributed by atoms with E-state index in [2.05, 4.69) is 40.5 Å². The molecule has 0 saturated heterocycles. The molecule has 3 rings (SSSR count). The lowest BCUT2D eigenvalue weighted by molar-refractivity contribution is -0.115. The molecule has 26 heavy (non-hydrogen) atoms. The van der Waals surface area contributed by atoms with Crippen molar-refractivity contribution in [3.63, 3.8) is 0 Å². The monoisotopic (exact) mass is 387 g/mol. The maximum absolute atomic E-state index is 12.1. The van der Waals surface area contributed by atoms with Gasteiger partial charge in [0.25, 0.3) is 0 Å². The van der Waals surface area contributed by atoms with Gasteiger partial charge in [0.15, 0.2) is 10.3 Å². The zero-order valence-corrected chi connectivity index (χ0v) is 16.8. The number of amides is 1. The third-order valence-electron chi connectivity index (χ3n) is 3.65. The first kappa shape index (κ1) is 18.6. The number of hydrogen-bond acceptors (Lipinski definition) is 6. The fourth-order valence-electron chi connectivity index (χ4n) is 2.39. The summed E-state index contributed by atoms with van der Waals surface area (Å²) in [4.78, 5) is 18.4. The van der Waals surface area contributed by atoms with Crippen LogP contribution in [-0.2, 0) is 16.1 Å². The molecule has 1 aromatic carbocycles. The molecule has 2 aromatic heterocycles. The lowest BCUT2D eigenvalue weighted by Crippen LogP contribution is -2.22. The van der Waals surface area contributed by atoms with Crippen LogP contribution in [0.3, 0.4) is 0 Å². The fraction of sp³-hybridized carbons (Fsp3) is 0.333. The average Bonchev–Trinajstić information content (AvgIpc) is 3.22. The van der Waals surface area contributed by atoms with Crippen molar-refractivity contribution in [1.29, 1.82) is 0 Å². The number of thiazole rings is 1. The van der Waals surface area contributed by atoms with Crippen LogP contribution < -0.4 is 4.90 Å². The zero-order chi connectivity index (χ0) is 18.7. The summed E-state index contributed by atoms with van der Waals surface area (Å²) in [5, 5.41) is 11.7. The first-order valence-corrected chi connectivity index (χ1v) is 10.1. The van der Waals surface area contributed by atoms with Gasteiger partial charge in [0.1, 0.15) is 6.33 Å². The minimum atomic E-state index is -0.0716. The Morgan fingerprint density at radius 3 is 2.65 bits per heavy atom.